The molecule has 1 heterocycles. The number of rotatable bonds is 12. The second kappa shape index (κ2) is 12.3. The van der Waals surface area contributed by atoms with Crippen molar-refractivity contribution in [3.05, 3.63) is 40.4 Å². The lowest BCUT2D eigenvalue weighted by Crippen LogP contribution is -2.12. The number of thioether (sulfide) groups is 1. The van der Waals surface area contributed by atoms with Gasteiger partial charge in [0.25, 0.3) is 5.91 Å². The molecule has 0 unspecified atom stereocenters. The lowest BCUT2D eigenvalue weighted by Gasteiger charge is -2.11. The van der Waals surface area contributed by atoms with Crippen molar-refractivity contribution in [2.75, 3.05) is 17.7 Å². The number of benzene rings is 1. The van der Waals surface area contributed by atoms with Gasteiger partial charge in [0.05, 0.1) is 16.7 Å². The van der Waals surface area contributed by atoms with Crippen LogP contribution in [0, 0.1) is 0 Å². The van der Waals surface area contributed by atoms with E-state index in [4.69, 9.17) is 27.9 Å². The lowest BCUT2D eigenvalue weighted by atomic mass is 10.2. The van der Waals surface area contributed by atoms with Gasteiger partial charge in [0.2, 0.25) is 5.13 Å². The van der Waals surface area contributed by atoms with Crippen LogP contribution in [0.3, 0.4) is 0 Å². The quantitative estimate of drug-likeness (QED) is 0.165. The fraction of sp³-hybridized carbons (Fsp3) is 0.421. The number of nitrogens with one attached hydrogen (secondary N) is 1. The molecule has 0 aliphatic rings. The van der Waals surface area contributed by atoms with E-state index >= 15 is 0 Å². The summed E-state index contributed by atoms with van der Waals surface area (Å²) in [4.78, 5) is 12.5. The smallest absolute Gasteiger partial charge is 0.257 e. The molecule has 1 amide bonds. The van der Waals surface area contributed by atoms with Gasteiger partial charge in [-0.15, -0.1) is 16.8 Å². The highest BCUT2D eigenvalue weighted by molar-refractivity contribution is 8.01. The molecule has 28 heavy (non-hydrogen) atoms. The molecule has 0 saturated heterocycles. The predicted molar refractivity (Wildman–Crippen MR) is 119 cm³/mol. The minimum Gasteiger partial charge on any atom is -0.490 e. The summed E-state index contributed by atoms with van der Waals surface area (Å²) in [5, 5.41) is 11.7. The zero-order valence-corrected chi connectivity index (χ0v) is 18.8. The molecular weight excluding hydrogens is 437 g/mol. The molecule has 0 spiro atoms. The molecule has 1 aromatic carbocycles. The standard InChI is InChI=1S/C19H23Cl2N3O2S2/c1-3-5-6-7-8-9-26-16-14(20)11-13(12-15(16)21)17(25)22-18-23-24-19(28-18)27-10-4-2/h4,11-12H,2-3,5-10H2,1H3,(H,22,23,25). The minimum atomic E-state index is -0.355. The number of carbonyl (C=O) groups excluding carboxylic acids is 1. The lowest BCUT2D eigenvalue weighted by molar-refractivity contribution is 0.102. The topological polar surface area (TPSA) is 64.1 Å². The largest absolute Gasteiger partial charge is 0.490 e. The van der Waals surface area contributed by atoms with Gasteiger partial charge < -0.3 is 4.74 Å². The van der Waals surface area contributed by atoms with Crippen LogP contribution in [-0.2, 0) is 0 Å². The third-order valence-corrected chi connectivity index (χ3v) is 6.24. The third-order valence-electron chi connectivity index (χ3n) is 3.71. The Balaban J connectivity index is 1.93. The Morgan fingerprint density at radius 2 is 1.96 bits per heavy atom. The van der Waals surface area contributed by atoms with Gasteiger partial charge in [-0.3, -0.25) is 10.1 Å². The van der Waals surface area contributed by atoms with Crippen molar-refractivity contribution in [2.24, 2.45) is 0 Å². The van der Waals surface area contributed by atoms with E-state index in [0.29, 0.717) is 33.1 Å². The van der Waals surface area contributed by atoms with Gasteiger partial charge in [-0.2, -0.15) is 0 Å². The van der Waals surface area contributed by atoms with E-state index in [9.17, 15) is 4.79 Å². The number of ether oxygens (including phenoxy) is 1. The molecule has 9 heteroatoms. The fourth-order valence-electron chi connectivity index (χ4n) is 2.33. The predicted octanol–water partition coefficient (Wildman–Crippen LogP) is 6.72. The monoisotopic (exact) mass is 459 g/mol. The van der Waals surface area contributed by atoms with Crippen LogP contribution in [0.4, 0.5) is 5.13 Å². The van der Waals surface area contributed by atoms with Crippen LogP contribution in [0.15, 0.2) is 29.1 Å². The van der Waals surface area contributed by atoms with Gasteiger partial charge in [0.15, 0.2) is 10.1 Å². The summed E-state index contributed by atoms with van der Waals surface area (Å²) in [5.41, 5.74) is 0.334. The number of nitrogens with zero attached hydrogens (tertiary/aromatic N) is 2. The summed E-state index contributed by atoms with van der Waals surface area (Å²) >= 11 is 15.4. The van der Waals surface area contributed by atoms with Crippen LogP contribution >= 0.6 is 46.3 Å². The first kappa shape index (κ1) is 23.0. The molecule has 0 saturated carbocycles. The maximum absolute atomic E-state index is 12.5. The number of carbonyl (C=O) groups is 1. The third kappa shape index (κ3) is 7.28. The SMILES string of the molecule is C=CCSc1nnc(NC(=O)c2cc(Cl)c(OCCCCCCC)c(Cl)c2)s1. The minimum absolute atomic E-state index is 0.311. The Kier molecular flexibility index (Phi) is 10.1. The highest BCUT2D eigenvalue weighted by Crippen LogP contribution is 2.35. The van der Waals surface area contributed by atoms with Crippen molar-refractivity contribution in [2.45, 2.75) is 43.4 Å². The van der Waals surface area contributed by atoms with E-state index in [1.807, 2.05) is 0 Å². The summed E-state index contributed by atoms with van der Waals surface area (Å²) in [5.74, 6) is 0.786. The van der Waals surface area contributed by atoms with Gasteiger partial charge in [-0.05, 0) is 18.6 Å². The van der Waals surface area contributed by atoms with Crippen molar-refractivity contribution < 1.29 is 9.53 Å². The number of halogens is 2. The van der Waals surface area contributed by atoms with E-state index in [0.717, 1.165) is 22.9 Å². The average molecular weight is 460 g/mol. The Hall–Kier alpha value is -1.28. The molecular formula is C19H23Cl2N3O2S2. The molecule has 0 aliphatic heterocycles. The van der Waals surface area contributed by atoms with Crippen molar-refractivity contribution in [1.82, 2.24) is 10.2 Å². The number of unbranched alkanes of at least 4 members (excludes halogenated alkanes) is 4. The second-order valence-corrected chi connectivity index (χ2v) is 9.02. The van der Waals surface area contributed by atoms with Crippen molar-refractivity contribution in [3.63, 3.8) is 0 Å². The van der Waals surface area contributed by atoms with Gasteiger partial charge in [0, 0.05) is 11.3 Å². The van der Waals surface area contributed by atoms with Crippen LogP contribution in [0.1, 0.15) is 49.4 Å². The first-order chi connectivity index (χ1) is 13.5. The molecule has 0 fully saturated rings. The fourth-order valence-corrected chi connectivity index (χ4v) is 4.43. The molecule has 0 atom stereocenters. The Bertz CT molecular complexity index is 776. The molecule has 0 radical (unpaired) electrons. The van der Waals surface area contributed by atoms with Crippen molar-refractivity contribution >= 4 is 57.3 Å². The molecule has 0 aliphatic carbocycles. The summed E-state index contributed by atoms with van der Waals surface area (Å²) in [6, 6.07) is 3.09. The zero-order chi connectivity index (χ0) is 20.4. The summed E-state index contributed by atoms with van der Waals surface area (Å²) in [7, 11) is 0. The van der Waals surface area contributed by atoms with Gasteiger partial charge in [-0.1, -0.05) is 85.0 Å². The van der Waals surface area contributed by atoms with Crippen LogP contribution in [-0.4, -0.2) is 28.5 Å². The molecule has 1 aromatic heterocycles. The Labute approximate surface area is 183 Å². The van der Waals surface area contributed by atoms with E-state index < -0.39 is 0 Å². The van der Waals surface area contributed by atoms with Gasteiger partial charge in [-0.25, -0.2) is 0 Å². The van der Waals surface area contributed by atoms with E-state index in [1.54, 1.807) is 18.2 Å². The first-order valence-electron chi connectivity index (χ1n) is 9.05. The molecule has 2 rings (SSSR count). The number of hydrogen-bond donors (Lipinski definition) is 1. The van der Waals surface area contributed by atoms with Crippen molar-refractivity contribution in [1.29, 1.82) is 0 Å². The van der Waals surface area contributed by atoms with Crippen molar-refractivity contribution in [3.8, 4) is 5.75 Å². The van der Waals surface area contributed by atoms with Gasteiger partial charge in [0.1, 0.15) is 0 Å². The molecule has 0 bridgehead atoms. The highest BCUT2D eigenvalue weighted by Gasteiger charge is 2.16. The first-order valence-corrected chi connectivity index (χ1v) is 11.6. The summed E-state index contributed by atoms with van der Waals surface area (Å²) in [6.07, 6.45) is 7.46. The summed E-state index contributed by atoms with van der Waals surface area (Å²) < 4.78 is 6.47. The molecule has 152 valence electrons. The summed E-state index contributed by atoms with van der Waals surface area (Å²) in [6.45, 7) is 6.39. The Morgan fingerprint density at radius 3 is 2.64 bits per heavy atom. The number of hydrogen-bond acceptors (Lipinski definition) is 6. The normalized spacial score (nSPS) is 10.7. The molecule has 5 nitrogen and oxygen atoms in total. The zero-order valence-electron chi connectivity index (χ0n) is 15.7. The van der Waals surface area contributed by atoms with E-state index in [1.165, 1.54) is 42.4 Å². The highest BCUT2D eigenvalue weighted by atomic mass is 35.5. The van der Waals surface area contributed by atoms with E-state index in [-0.39, 0.29) is 5.91 Å². The van der Waals surface area contributed by atoms with Crippen LogP contribution in [0.25, 0.3) is 0 Å². The molecule has 1 N–H and O–H groups in total. The number of aromatic nitrogens is 2. The maximum Gasteiger partial charge on any atom is 0.257 e. The second-order valence-electron chi connectivity index (χ2n) is 5.96. The molecule has 2 aromatic rings. The van der Waals surface area contributed by atoms with Crippen LogP contribution in [0.2, 0.25) is 10.0 Å². The maximum atomic E-state index is 12.5. The van der Waals surface area contributed by atoms with Crippen LogP contribution in [0.5, 0.6) is 5.75 Å². The van der Waals surface area contributed by atoms with Gasteiger partial charge >= 0.3 is 0 Å². The van der Waals surface area contributed by atoms with Crippen LogP contribution < -0.4 is 10.1 Å². The average Bonchev–Trinajstić information content (AvgIpc) is 3.11. The number of amides is 1. The number of anilines is 1. The Morgan fingerprint density at radius 1 is 1.25 bits per heavy atom. The van der Waals surface area contributed by atoms with E-state index in [2.05, 4.69) is 29.0 Å².